The molecule has 0 aliphatic heterocycles. The first kappa shape index (κ1) is 27.2. The van der Waals surface area contributed by atoms with Gasteiger partial charge in [-0.1, -0.05) is 153 Å². The minimum absolute atomic E-state index is 0.993. The largest absolute Gasteiger partial charge is 0.313 e. The van der Waals surface area contributed by atoms with Gasteiger partial charge < -0.3 is 5.32 Å². The molecule has 0 bridgehead atoms. The number of hydrogen-bond donors (Lipinski definition) is 1. The van der Waals surface area contributed by atoms with Gasteiger partial charge in [0, 0.05) is 6.54 Å². The summed E-state index contributed by atoms with van der Waals surface area (Å²) in [6.45, 7) is 6.87. The number of hydrogen-bond acceptors (Lipinski definition) is 1. The Labute approximate surface area is 189 Å². The smallest absolute Gasteiger partial charge is 0.0205 e. The molecule has 30 heavy (non-hydrogen) atoms. The highest BCUT2D eigenvalue weighted by Gasteiger charge is 2.02. The van der Waals surface area contributed by atoms with Gasteiger partial charge in [0.05, 0.1) is 0 Å². The van der Waals surface area contributed by atoms with Crippen molar-refractivity contribution >= 4 is 0 Å². The number of rotatable bonds is 22. The molecule has 1 nitrogen and oxygen atoms in total. The van der Waals surface area contributed by atoms with Crippen molar-refractivity contribution in [3.05, 3.63) is 35.9 Å². The van der Waals surface area contributed by atoms with Gasteiger partial charge in [-0.25, -0.2) is 0 Å². The highest BCUT2D eigenvalue weighted by molar-refractivity contribution is 5.14. The molecule has 0 spiro atoms. The van der Waals surface area contributed by atoms with Gasteiger partial charge in [-0.05, 0) is 24.4 Å². The highest BCUT2D eigenvalue weighted by Crippen LogP contribution is 2.18. The van der Waals surface area contributed by atoms with Crippen LogP contribution < -0.4 is 5.32 Å². The van der Waals surface area contributed by atoms with Crippen LogP contribution in [0.15, 0.2) is 30.3 Å². The van der Waals surface area contributed by atoms with Crippen molar-refractivity contribution in [3.8, 4) is 0 Å². The Kier molecular flexibility index (Phi) is 19.4. The van der Waals surface area contributed by atoms with Crippen LogP contribution in [0.5, 0.6) is 0 Å². The van der Waals surface area contributed by atoms with Crippen LogP contribution in [-0.4, -0.2) is 6.54 Å². The summed E-state index contributed by atoms with van der Waals surface area (Å²) in [7, 11) is 0. The van der Waals surface area contributed by atoms with Gasteiger partial charge in [0.15, 0.2) is 0 Å². The zero-order valence-corrected chi connectivity index (χ0v) is 20.6. The second-order valence-electron chi connectivity index (χ2n) is 9.44. The van der Waals surface area contributed by atoms with Crippen molar-refractivity contribution in [3.63, 3.8) is 0 Å². The van der Waals surface area contributed by atoms with Crippen molar-refractivity contribution in [2.24, 2.45) is 5.92 Å². The summed E-state index contributed by atoms with van der Waals surface area (Å²) >= 11 is 0. The van der Waals surface area contributed by atoms with E-state index in [0.29, 0.717) is 0 Å². The fraction of sp³-hybridized carbons (Fsp3) is 0.793. The van der Waals surface area contributed by atoms with Crippen LogP contribution in [0, 0.1) is 5.92 Å². The molecular formula is C29H53N. The molecular weight excluding hydrogens is 362 g/mol. The summed E-state index contributed by atoms with van der Waals surface area (Å²) < 4.78 is 0. The third-order valence-corrected chi connectivity index (χ3v) is 6.79. The van der Waals surface area contributed by atoms with E-state index in [1.165, 1.54) is 121 Å². The molecule has 1 N–H and O–H groups in total. The number of nitrogens with one attached hydrogen (secondary N) is 1. The lowest BCUT2D eigenvalue weighted by Gasteiger charge is -2.11. The Morgan fingerprint density at radius 2 is 1.00 bits per heavy atom. The van der Waals surface area contributed by atoms with E-state index in [1.807, 2.05) is 0 Å². The zero-order chi connectivity index (χ0) is 21.5. The molecule has 1 heteroatoms. The molecule has 0 aliphatic carbocycles. The molecule has 0 aliphatic rings. The molecule has 0 amide bonds. The van der Waals surface area contributed by atoms with Crippen molar-refractivity contribution < 1.29 is 0 Å². The van der Waals surface area contributed by atoms with Gasteiger partial charge in [0.25, 0.3) is 0 Å². The normalized spacial score (nSPS) is 11.4. The summed E-state index contributed by atoms with van der Waals surface area (Å²) in [6, 6.07) is 10.7. The van der Waals surface area contributed by atoms with E-state index < -0.39 is 0 Å². The van der Waals surface area contributed by atoms with E-state index in [-0.39, 0.29) is 0 Å². The summed E-state index contributed by atoms with van der Waals surface area (Å²) in [5.41, 5.74) is 1.39. The maximum absolute atomic E-state index is 3.56. The molecule has 0 unspecified atom stereocenters. The maximum atomic E-state index is 3.56. The van der Waals surface area contributed by atoms with Crippen LogP contribution in [0.3, 0.4) is 0 Å². The monoisotopic (exact) mass is 415 g/mol. The average molecular weight is 416 g/mol. The van der Waals surface area contributed by atoms with E-state index in [1.54, 1.807) is 0 Å². The van der Waals surface area contributed by atoms with Gasteiger partial charge in [0.1, 0.15) is 0 Å². The lowest BCUT2D eigenvalue weighted by atomic mass is 9.95. The molecule has 1 aromatic carbocycles. The number of benzene rings is 1. The Morgan fingerprint density at radius 1 is 0.567 bits per heavy atom. The van der Waals surface area contributed by atoms with Crippen LogP contribution in [-0.2, 0) is 6.54 Å². The first-order chi connectivity index (χ1) is 14.9. The van der Waals surface area contributed by atoms with E-state index >= 15 is 0 Å². The Morgan fingerprint density at radius 3 is 1.47 bits per heavy atom. The standard InChI is InChI=1S/C29H53N/c1-3-28(4-2)23-19-16-14-12-10-8-6-5-7-9-11-13-15-17-22-26-30-27-29-24-20-18-21-25-29/h18,20-21,24-25,28,30H,3-17,19,22-23,26-27H2,1-2H3. The maximum Gasteiger partial charge on any atom is 0.0205 e. The van der Waals surface area contributed by atoms with Gasteiger partial charge in [-0.15, -0.1) is 0 Å². The summed E-state index contributed by atoms with van der Waals surface area (Å²) in [4.78, 5) is 0. The van der Waals surface area contributed by atoms with E-state index in [0.717, 1.165) is 19.0 Å². The minimum atomic E-state index is 0.993. The lowest BCUT2D eigenvalue weighted by Crippen LogP contribution is -2.14. The van der Waals surface area contributed by atoms with E-state index in [9.17, 15) is 0 Å². The van der Waals surface area contributed by atoms with Crippen LogP contribution in [0.25, 0.3) is 0 Å². The van der Waals surface area contributed by atoms with Gasteiger partial charge in [0.2, 0.25) is 0 Å². The molecule has 0 fully saturated rings. The van der Waals surface area contributed by atoms with Crippen molar-refractivity contribution in [2.75, 3.05) is 6.54 Å². The highest BCUT2D eigenvalue weighted by atomic mass is 14.8. The van der Waals surface area contributed by atoms with Crippen molar-refractivity contribution in [1.29, 1.82) is 0 Å². The average Bonchev–Trinajstić information content (AvgIpc) is 2.78. The van der Waals surface area contributed by atoms with Crippen molar-refractivity contribution in [1.82, 2.24) is 5.32 Å². The molecule has 0 aromatic heterocycles. The predicted octanol–water partition coefficient (Wildman–Crippen LogP) is 9.45. The first-order valence-corrected chi connectivity index (χ1v) is 13.6. The van der Waals surface area contributed by atoms with Gasteiger partial charge in [-0.3, -0.25) is 0 Å². The third kappa shape index (κ3) is 16.9. The van der Waals surface area contributed by atoms with Crippen molar-refractivity contribution in [2.45, 2.75) is 136 Å². The summed E-state index contributed by atoms with van der Waals surface area (Å²) in [5.74, 6) is 0.993. The van der Waals surface area contributed by atoms with Gasteiger partial charge >= 0.3 is 0 Å². The molecule has 1 aromatic rings. The molecule has 0 saturated carbocycles. The second-order valence-corrected chi connectivity index (χ2v) is 9.44. The quantitative estimate of drug-likeness (QED) is 0.186. The fourth-order valence-electron chi connectivity index (χ4n) is 4.51. The molecule has 174 valence electrons. The van der Waals surface area contributed by atoms with Gasteiger partial charge in [-0.2, -0.15) is 0 Å². The molecule has 1 rings (SSSR count). The van der Waals surface area contributed by atoms with Crippen LogP contribution in [0.1, 0.15) is 135 Å². The Bertz CT molecular complexity index is 437. The van der Waals surface area contributed by atoms with Crippen LogP contribution in [0.2, 0.25) is 0 Å². The lowest BCUT2D eigenvalue weighted by molar-refractivity contribution is 0.426. The molecule has 0 radical (unpaired) electrons. The summed E-state index contributed by atoms with van der Waals surface area (Å²) in [6.07, 6.45) is 26.0. The minimum Gasteiger partial charge on any atom is -0.313 e. The predicted molar refractivity (Wildman–Crippen MR) is 136 cm³/mol. The molecule has 0 atom stereocenters. The van der Waals surface area contributed by atoms with Crippen LogP contribution in [0.4, 0.5) is 0 Å². The topological polar surface area (TPSA) is 12.0 Å². The fourth-order valence-corrected chi connectivity index (χ4v) is 4.51. The third-order valence-electron chi connectivity index (χ3n) is 6.79. The number of unbranched alkanes of at least 4 members (excludes halogenated alkanes) is 14. The van der Waals surface area contributed by atoms with Crippen LogP contribution >= 0.6 is 0 Å². The zero-order valence-electron chi connectivity index (χ0n) is 20.6. The van der Waals surface area contributed by atoms with E-state index in [2.05, 4.69) is 49.5 Å². The summed E-state index contributed by atoms with van der Waals surface area (Å²) in [5, 5.41) is 3.56. The Hall–Kier alpha value is -0.820. The first-order valence-electron chi connectivity index (χ1n) is 13.6. The molecule has 0 saturated heterocycles. The van der Waals surface area contributed by atoms with E-state index in [4.69, 9.17) is 0 Å². The molecule has 0 heterocycles. The Balaban J connectivity index is 1.69. The SMILES string of the molecule is CCC(CC)CCCCCCCCCCCCCCCCCNCc1ccccc1. The second kappa shape index (κ2) is 21.4.